The molecule has 2 aliphatic heterocycles. The highest BCUT2D eigenvalue weighted by Crippen LogP contribution is 2.22. The van der Waals surface area contributed by atoms with Crippen LogP contribution in [0.4, 0.5) is 0 Å². The summed E-state index contributed by atoms with van der Waals surface area (Å²) in [6.07, 6.45) is 6.43. The van der Waals surface area contributed by atoms with Gasteiger partial charge in [-0.1, -0.05) is 5.20 Å². The van der Waals surface area contributed by atoms with Gasteiger partial charge in [-0.25, -0.2) is 0 Å². The Kier molecular flexibility index (Phi) is 4.62. The summed E-state index contributed by atoms with van der Waals surface area (Å²) in [5, 5.41) is 1.48. The number of hydrogen-bond acceptors (Lipinski definition) is 2. The zero-order valence-corrected chi connectivity index (χ0v) is 12.2. The SMILES string of the molecule is C=C(C)[SiH2]CC(N1CCCC1)N1CCCC1. The van der Waals surface area contributed by atoms with Crippen molar-refractivity contribution < 1.29 is 0 Å². The Hall–Kier alpha value is -0.123. The molecule has 2 heterocycles. The lowest BCUT2D eigenvalue weighted by Gasteiger charge is -2.35. The third-order valence-corrected chi connectivity index (χ3v) is 5.61. The van der Waals surface area contributed by atoms with Gasteiger partial charge in [0.05, 0.1) is 15.7 Å². The maximum atomic E-state index is 4.11. The topological polar surface area (TPSA) is 6.48 Å². The van der Waals surface area contributed by atoms with Gasteiger partial charge in [-0.05, 0) is 64.8 Å². The summed E-state index contributed by atoms with van der Waals surface area (Å²) in [5.41, 5.74) is 0. The maximum absolute atomic E-state index is 4.11. The highest BCUT2D eigenvalue weighted by molar-refractivity contribution is 6.44. The van der Waals surface area contributed by atoms with E-state index in [4.69, 9.17) is 0 Å². The largest absolute Gasteiger partial charge is 0.288 e. The van der Waals surface area contributed by atoms with Crippen LogP contribution in [0.2, 0.25) is 6.04 Å². The van der Waals surface area contributed by atoms with E-state index in [0.29, 0.717) is 0 Å². The van der Waals surface area contributed by atoms with Crippen LogP contribution in [-0.2, 0) is 0 Å². The van der Waals surface area contributed by atoms with Gasteiger partial charge >= 0.3 is 0 Å². The first-order chi connectivity index (χ1) is 7.77. The molecule has 2 aliphatic rings. The predicted molar refractivity (Wildman–Crippen MR) is 73.6 cm³/mol. The summed E-state index contributed by atoms with van der Waals surface area (Å²) in [4.78, 5) is 5.47. The van der Waals surface area contributed by atoms with Crippen LogP contribution in [0.15, 0.2) is 11.8 Å². The van der Waals surface area contributed by atoms with Crippen LogP contribution in [0, 0.1) is 0 Å². The molecule has 0 atom stereocenters. The third kappa shape index (κ3) is 3.19. The fourth-order valence-electron chi connectivity index (χ4n) is 3.05. The predicted octanol–water partition coefficient (Wildman–Crippen LogP) is 1.62. The number of allylic oxidation sites excluding steroid dienone is 1. The summed E-state index contributed by atoms with van der Waals surface area (Å²) in [6.45, 7) is 11.7. The molecular weight excluding hydrogens is 212 g/mol. The van der Waals surface area contributed by atoms with Crippen molar-refractivity contribution in [3.63, 3.8) is 0 Å². The van der Waals surface area contributed by atoms with Crippen LogP contribution in [0.25, 0.3) is 0 Å². The quantitative estimate of drug-likeness (QED) is 0.672. The molecule has 0 radical (unpaired) electrons. The molecule has 0 amide bonds. The van der Waals surface area contributed by atoms with E-state index < -0.39 is 0 Å². The van der Waals surface area contributed by atoms with Gasteiger partial charge in [-0.2, -0.15) is 0 Å². The van der Waals surface area contributed by atoms with Crippen molar-refractivity contribution in [1.29, 1.82) is 0 Å². The fraction of sp³-hybridized carbons (Fsp3) is 0.846. The minimum Gasteiger partial charge on any atom is -0.288 e. The Morgan fingerprint density at radius 3 is 1.88 bits per heavy atom. The zero-order chi connectivity index (χ0) is 11.4. The third-order valence-electron chi connectivity index (χ3n) is 3.95. The molecule has 0 N–H and O–H groups in total. The molecule has 0 aromatic carbocycles. The Balaban J connectivity index is 1.90. The molecule has 0 unspecified atom stereocenters. The minimum atomic E-state index is -0.0465. The van der Waals surface area contributed by atoms with E-state index in [0.717, 1.165) is 6.17 Å². The van der Waals surface area contributed by atoms with Gasteiger partial charge in [0.15, 0.2) is 0 Å². The number of nitrogens with zero attached hydrogens (tertiary/aromatic N) is 2. The molecule has 0 aromatic heterocycles. The van der Waals surface area contributed by atoms with Gasteiger partial charge in [0.25, 0.3) is 0 Å². The lowest BCUT2D eigenvalue weighted by atomic mass is 10.4. The molecule has 16 heavy (non-hydrogen) atoms. The molecule has 2 fully saturated rings. The standard InChI is InChI=1S/C13H26N2Si/c1-12(2)16-11-13(14-7-3-4-8-14)15-9-5-6-10-15/h13H,1,3-11,16H2,2H3. The molecule has 2 saturated heterocycles. The van der Waals surface area contributed by atoms with Gasteiger partial charge in [0, 0.05) is 0 Å². The van der Waals surface area contributed by atoms with E-state index in [1.165, 1.54) is 63.1 Å². The Labute approximate surface area is 103 Å². The second-order valence-electron chi connectivity index (χ2n) is 5.46. The van der Waals surface area contributed by atoms with Crippen molar-refractivity contribution in [2.45, 2.75) is 44.8 Å². The van der Waals surface area contributed by atoms with Crippen molar-refractivity contribution in [3.05, 3.63) is 11.8 Å². The van der Waals surface area contributed by atoms with Crippen molar-refractivity contribution in [3.8, 4) is 0 Å². The smallest absolute Gasteiger partial charge is 0.0596 e. The summed E-state index contributed by atoms with van der Waals surface area (Å²) in [7, 11) is -0.0465. The van der Waals surface area contributed by atoms with Crippen molar-refractivity contribution in [2.24, 2.45) is 0 Å². The first kappa shape index (κ1) is 12.3. The van der Waals surface area contributed by atoms with Crippen LogP contribution >= 0.6 is 0 Å². The van der Waals surface area contributed by atoms with Crippen LogP contribution in [0.1, 0.15) is 32.6 Å². The average molecular weight is 238 g/mol. The number of likely N-dealkylation sites (tertiary alicyclic amines) is 2. The van der Waals surface area contributed by atoms with E-state index >= 15 is 0 Å². The Morgan fingerprint density at radius 1 is 1.06 bits per heavy atom. The van der Waals surface area contributed by atoms with Gasteiger partial charge in [-0.15, -0.1) is 6.58 Å². The van der Waals surface area contributed by atoms with Crippen LogP contribution in [0.5, 0.6) is 0 Å². The van der Waals surface area contributed by atoms with E-state index in [9.17, 15) is 0 Å². The molecule has 2 rings (SSSR count). The van der Waals surface area contributed by atoms with Crippen molar-refractivity contribution >= 4 is 9.52 Å². The fourth-order valence-corrected chi connectivity index (χ4v) is 4.53. The normalized spacial score (nSPS) is 24.1. The molecule has 3 heteroatoms. The van der Waals surface area contributed by atoms with Gasteiger partial charge in [0.1, 0.15) is 0 Å². The highest BCUT2D eigenvalue weighted by Gasteiger charge is 2.28. The second-order valence-corrected chi connectivity index (χ2v) is 7.75. The molecule has 0 saturated carbocycles. The Bertz CT molecular complexity index is 214. The molecule has 0 aromatic rings. The first-order valence-electron chi connectivity index (χ1n) is 6.90. The van der Waals surface area contributed by atoms with Crippen LogP contribution in [0.3, 0.4) is 0 Å². The molecule has 0 spiro atoms. The second kappa shape index (κ2) is 5.99. The van der Waals surface area contributed by atoms with E-state index in [-0.39, 0.29) is 9.52 Å². The molecule has 2 nitrogen and oxygen atoms in total. The van der Waals surface area contributed by atoms with Crippen LogP contribution in [-0.4, -0.2) is 51.7 Å². The summed E-state index contributed by atoms with van der Waals surface area (Å²) >= 11 is 0. The number of hydrogen-bond donors (Lipinski definition) is 0. The lowest BCUT2D eigenvalue weighted by Crippen LogP contribution is -2.46. The minimum absolute atomic E-state index is 0.0465. The highest BCUT2D eigenvalue weighted by atomic mass is 28.2. The maximum Gasteiger partial charge on any atom is 0.0596 e. The zero-order valence-electron chi connectivity index (χ0n) is 10.7. The first-order valence-corrected chi connectivity index (χ1v) is 8.60. The molecule has 92 valence electrons. The molecular formula is C13H26N2Si. The van der Waals surface area contributed by atoms with E-state index in [1.54, 1.807) is 0 Å². The van der Waals surface area contributed by atoms with Gasteiger partial charge < -0.3 is 0 Å². The molecule has 0 aliphatic carbocycles. The van der Waals surface area contributed by atoms with Crippen molar-refractivity contribution in [1.82, 2.24) is 9.80 Å². The average Bonchev–Trinajstić information content (AvgIpc) is 2.88. The van der Waals surface area contributed by atoms with Gasteiger partial charge in [0.2, 0.25) is 0 Å². The van der Waals surface area contributed by atoms with Crippen LogP contribution < -0.4 is 0 Å². The summed E-state index contributed by atoms with van der Waals surface area (Å²) in [5.74, 6) is 0. The monoisotopic (exact) mass is 238 g/mol. The number of rotatable bonds is 5. The summed E-state index contributed by atoms with van der Waals surface area (Å²) in [6, 6.07) is 1.43. The van der Waals surface area contributed by atoms with E-state index in [2.05, 4.69) is 23.3 Å². The van der Waals surface area contributed by atoms with E-state index in [1.807, 2.05) is 0 Å². The van der Waals surface area contributed by atoms with Gasteiger partial charge in [-0.3, -0.25) is 9.80 Å². The lowest BCUT2D eigenvalue weighted by molar-refractivity contribution is 0.0949. The molecule has 0 bridgehead atoms. The summed E-state index contributed by atoms with van der Waals surface area (Å²) < 4.78 is 0. The van der Waals surface area contributed by atoms with Crippen molar-refractivity contribution in [2.75, 3.05) is 26.2 Å². The Morgan fingerprint density at radius 2 is 1.50 bits per heavy atom.